The molecular formula is C16H28N2. The minimum atomic E-state index is 0.330. The van der Waals surface area contributed by atoms with Crippen LogP contribution in [-0.2, 0) is 0 Å². The second-order valence-electron chi connectivity index (χ2n) is 5.19. The van der Waals surface area contributed by atoms with Crippen molar-refractivity contribution in [2.24, 2.45) is 5.73 Å². The first-order chi connectivity index (χ1) is 8.56. The summed E-state index contributed by atoms with van der Waals surface area (Å²) in [4.78, 5) is 2.45. The fourth-order valence-electron chi connectivity index (χ4n) is 2.96. The third-order valence-electron chi connectivity index (χ3n) is 4.11. The largest absolute Gasteiger partial charge is 0.329 e. The Kier molecular flexibility index (Phi) is 5.83. The van der Waals surface area contributed by atoms with Crippen LogP contribution in [-0.4, -0.2) is 24.5 Å². The topological polar surface area (TPSA) is 29.3 Å². The molecule has 0 spiro atoms. The summed E-state index contributed by atoms with van der Waals surface area (Å²) in [6.07, 6.45) is 2.35. The number of nitrogens with two attached hydrogens (primary N) is 1. The molecule has 0 aliphatic heterocycles. The lowest BCUT2D eigenvalue weighted by atomic mass is 9.93. The summed E-state index contributed by atoms with van der Waals surface area (Å²) in [5.41, 5.74) is 10.2. The highest BCUT2D eigenvalue weighted by Crippen LogP contribution is 2.28. The van der Waals surface area contributed by atoms with Gasteiger partial charge in [0.25, 0.3) is 0 Å². The number of likely N-dealkylation sites (N-methyl/N-ethyl adjacent to an activating group) is 1. The molecule has 1 aromatic rings. The van der Waals surface area contributed by atoms with Crippen LogP contribution in [0, 0.1) is 13.8 Å². The highest BCUT2D eigenvalue weighted by molar-refractivity contribution is 5.36. The van der Waals surface area contributed by atoms with Crippen molar-refractivity contribution in [1.82, 2.24) is 4.90 Å². The van der Waals surface area contributed by atoms with Gasteiger partial charge in [-0.1, -0.05) is 32.0 Å². The number of nitrogens with zero attached hydrogens (tertiary/aromatic N) is 1. The minimum absolute atomic E-state index is 0.330. The van der Waals surface area contributed by atoms with Crippen LogP contribution in [0.4, 0.5) is 0 Å². The van der Waals surface area contributed by atoms with Gasteiger partial charge in [-0.25, -0.2) is 0 Å². The van der Waals surface area contributed by atoms with Gasteiger partial charge in [0.05, 0.1) is 0 Å². The summed E-state index contributed by atoms with van der Waals surface area (Å²) in [6, 6.07) is 7.43. The van der Waals surface area contributed by atoms with Crippen molar-refractivity contribution >= 4 is 0 Å². The van der Waals surface area contributed by atoms with Gasteiger partial charge < -0.3 is 5.73 Å². The third-order valence-corrected chi connectivity index (χ3v) is 4.11. The van der Waals surface area contributed by atoms with Crippen LogP contribution < -0.4 is 5.73 Å². The average Bonchev–Trinajstić information content (AvgIpc) is 2.35. The molecule has 1 aromatic carbocycles. The van der Waals surface area contributed by atoms with Crippen LogP contribution in [0.25, 0.3) is 0 Å². The Labute approximate surface area is 112 Å². The first-order valence-corrected chi connectivity index (χ1v) is 7.04. The molecule has 2 heteroatoms. The normalized spacial score (nSPS) is 13.3. The van der Waals surface area contributed by atoms with Gasteiger partial charge in [0.2, 0.25) is 0 Å². The van der Waals surface area contributed by atoms with E-state index in [0.29, 0.717) is 18.6 Å². The van der Waals surface area contributed by atoms with Gasteiger partial charge in [-0.3, -0.25) is 4.90 Å². The Morgan fingerprint density at radius 2 is 1.61 bits per heavy atom. The standard InChI is InChI=1S/C16H28N2/c1-6-14(7-2)18(5)15(11-17)16-12(3)9-8-10-13(16)4/h8-10,14-15H,6-7,11,17H2,1-5H3. The predicted molar refractivity (Wildman–Crippen MR) is 79.8 cm³/mol. The van der Waals surface area contributed by atoms with Crippen LogP contribution in [0.3, 0.4) is 0 Å². The average molecular weight is 248 g/mol. The molecule has 2 nitrogen and oxygen atoms in total. The lowest BCUT2D eigenvalue weighted by Crippen LogP contribution is -2.38. The zero-order chi connectivity index (χ0) is 13.7. The molecule has 0 fully saturated rings. The Balaban J connectivity index is 3.09. The second kappa shape index (κ2) is 6.91. The molecule has 0 aliphatic rings. The highest BCUT2D eigenvalue weighted by atomic mass is 15.2. The summed E-state index contributed by atoms with van der Waals surface area (Å²) in [5.74, 6) is 0. The first kappa shape index (κ1) is 15.2. The number of benzene rings is 1. The van der Waals surface area contributed by atoms with Gasteiger partial charge in [0.15, 0.2) is 0 Å². The van der Waals surface area contributed by atoms with Crippen molar-refractivity contribution in [1.29, 1.82) is 0 Å². The van der Waals surface area contributed by atoms with E-state index in [4.69, 9.17) is 5.73 Å². The van der Waals surface area contributed by atoms with Crippen LogP contribution >= 0.6 is 0 Å². The lowest BCUT2D eigenvalue weighted by Gasteiger charge is -2.35. The number of hydrogen-bond acceptors (Lipinski definition) is 2. The molecular weight excluding hydrogens is 220 g/mol. The van der Waals surface area contributed by atoms with Crippen molar-refractivity contribution in [2.45, 2.75) is 52.6 Å². The van der Waals surface area contributed by atoms with Crippen molar-refractivity contribution in [3.05, 3.63) is 34.9 Å². The second-order valence-corrected chi connectivity index (χ2v) is 5.19. The van der Waals surface area contributed by atoms with Crippen LogP contribution in [0.2, 0.25) is 0 Å². The number of aryl methyl sites for hydroxylation is 2. The van der Waals surface area contributed by atoms with Crippen molar-refractivity contribution < 1.29 is 0 Å². The van der Waals surface area contributed by atoms with Gasteiger partial charge in [-0.2, -0.15) is 0 Å². The molecule has 102 valence electrons. The van der Waals surface area contributed by atoms with Crippen LogP contribution in [0.15, 0.2) is 18.2 Å². The maximum Gasteiger partial charge on any atom is 0.0475 e. The summed E-state index contributed by atoms with van der Waals surface area (Å²) in [7, 11) is 2.21. The Morgan fingerprint density at radius 1 is 1.11 bits per heavy atom. The molecule has 18 heavy (non-hydrogen) atoms. The Morgan fingerprint density at radius 3 is 2.00 bits per heavy atom. The molecule has 0 amide bonds. The SMILES string of the molecule is CCC(CC)N(C)C(CN)c1c(C)cccc1C. The molecule has 0 saturated heterocycles. The van der Waals surface area contributed by atoms with E-state index in [-0.39, 0.29) is 0 Å². The van der Waals surface area contributed by atoms with Gasteiger partial charge >= 0.3 is 0 Å². The number of hydrogen-bond donors (Lipinski definition) is 1. The van der Waals surface area contributed by atoms with Crippen LogP contribution in [0.5, 0.6) is 0 Å². The monoisotopic (exact) mass is 248 g/mol. The molecule has 0 saturated carbocycles. The number of rotatable bonds is 6. The van der Waals surface area contributed by atoms with E-state index >= 15 is 0 Å². The fraction of sp³-hybridized carbons (Fsp3) is 0.625. The zero-order valence-corrected chi connectivity index (χ0v) is 12.5. The summed E-state index contributed by atoms with van der Waals surface area (Å²) in [6.45, 7) is 9.56. The summed E-state index contributed by atoms with van der Waals surface area (Å²) < 4.78 is 0. The molecule has 0 radical (unpaired) electrons. The van der Waals surface area contributed by atoms with Crippen LogP contribution in [0.1, 0.15) is 49.4 Å². The van der Waals surface area contributed by atoms with E-state index in [1.165, 1.54) is 29.5 Å². The van der Waals surface area contributed by atoms with E-state index in [2.05, 4.69) is 57.8 Å². The smallest absolute Gasteiger partial charge is 0.0475 e. The third kappa shape index (κ3) is 3.12. The van der Waals surface area contributed by atoms with Crippen molar-refractivity contribution in [3.63, 3.8) is 0 Å². The molecule has 1 unspecified atom stereocenters. The molecule has 0 aliphatic carbocycles. The quantitative estimate of drug-likeness (QED) is 0.836. The van der Waals surface area contributed by atoms with Gasteiger partial charge in [-0.15, -0.1) is 0 Å². The summed E-state index contributed by atoms with van der Waals surface area (Å²) in [5, 5.41) is 0. The fourth-order valence-corrected chi connectivity index (χ4v) is 2.96. The van der Waals surface area contributed by atoms with E-state index in [0.717, 1.165) is 0 Å². The molecule has 1 atom stereocenters. The molecule has 0 heterocycles. The van der Waals surface area contributed by atoms with Gasteiger partial charge in [0.1, 0.15) is 0 Å². The maximum absolute atomic E-state index is 6.05. The maximum atomic E-state index is 6.05. The first-order valence-electron chi connectivity index (χ1n) is 7.04. The Hall–Kier alpha value is -0.860. The minimum Gasteiger partial charge on any atom is -0.329 e. The summed E-state index contributed by atoms with van der Waals surface area (Å²) >= 11 is 0. The highest BCUT2D eigenvalue weighted by Gasteiger charge is 2.23. The van der Waals surface area contributed by atoms with E-state index in [1.807, 2.05) is 0 Å². The van der Waals surface area contributed by atoms with Gasteiger partial charge in [0, 0.05) is 18.6 Å². The Bertz CT molecular complexity index is 349. The zero-order valence-electron chi connectivity index (χ0n) is 12.5. The van der Waals surface area contributed by atoms with E-state index < -0.39 is 0 Å². The molecule has 1 rings (SSSR count). The molecule has 0 aromatic heterocycles. The van der Waals surface area contributed by atoms with Crippen molar-refractivity contribution in [3.8, 4) is 0 Å². The molecule has 2 N–H and O–H groups in total. The lowest BCUT2D eigenvalue weighted by molar-refractivity contribution is 0.167. The van der Waals surface area contributed by atoms with E-state index in [1.54, 1.807) is 0 Å². The van der Waals surface area contributed by atoms with E-state index in [9.17, 15) is 0 Å². The van der Waals surface area contributed by atoms with Gasteiger partial charge in [-0.05, 0) is 50.4 Å². The predicted octanol–water partition coefficient (Wildman–Crippen LogP) is 3.42. The van der Waals surface area contributed by atoms with Crippen molar-refractivity contribution in [2.75, 3.05) is 13.6 Å². The molecule has 0 bridgehead atoms.